The lowest BCUT2D eigenvalue weighted by Gasteiger charge is -2.12. The van der Waals surface area contributed by atoms with Crippen molar-refractivity contribution in [1.29, 1.82) is 0 Å². The van der Waals surface area contributed by atoms with Gasteiger partial charge in [-0.25, -0.2) is 4.79 Å². The van der Waals surface area contributed by atoms with E-state index in [1.54, 1.807) is 0 Å². The van der Waals surface area contributed by atoms with Gasteiger partial charge in [0.1, 0.15) is 0 Å². The van der Waals surface area contributed by atoms with Crippen molar-refractivity contribution in [2.45, 2.75) is 88.3 Å². The van der Waals surface area contributed by atoms with Crippen LogP contribution in [0.5, 0.6) is 0 Å². The van der Waals surface area contributed by atoms with Gasteiger partial charge in [0.2, 0.25) is 4.33 Å². The molecule has 2 nitrogen and oxygen atoms in total. The monoisotopic (exact) mass is 336 g/mol. The number of hydrogen-bond acceptors (Lipinski definition) is 1. The van der Waals surface area contributed by atoms with Gasteiger partial charge in [-0.2, -0.15) is 0 Å². The highest BCUT2D eigenvalue weighted by Gasteiger charge is 2.32. The van der Waals surface area contributed by atoms with Gasteiger partial charge in [0, 0.05) is 0 Å². The zero-order valence-corrected chi connectivity index (χ0v) is 14.8. The predicted molar refractivity (Wildman–Crippen MR) is 92.3 cm³/mol. The lowest BCUT2D eigenvalue weighted by molar-refractivity contribution is -0.138. The fourth-order valence-electron chi connectivity index (χ4n) is 2.17. The fraction of sp³-hybridized carbons (Fsp3) is 0.824. The molecule has 21 heavy (non-hydrogen) atoms. The van der Waals surface area contributed by atoms with Crippen LogP contribution in [0.4, 0.5) is 0 Å². The minimum atomic E-state index is -1.62. The third-order valence-electron chi connectivity index (χ3n) is 3.57. The van der Waals surface area contributed by atoms with Gasteiger partial charge in [-0.1, -0.05) is 80.8 Å². The van der Waals surface area contributed by atoms with Gasteiger partial charge >= 0.3 is 5.97 Å². The number of unbranched alkanes of at least 4 members (excludes halogenated alkanes) is 9. The Kier molecular flexibility index (Phi) is 13.3. The summed E-state index contributed by atoms with van der Waals surface area (Å²) in [5, 5.41) is 8.76. The van der Waals surface area contributed by atoms with Gasteiger partial charge in [0.15, 0.2) is 0 Å². The first-order valence-electron chi connectivity index (χ1n) is 8.27. The van der Waals surface area contributed by atoms with Crippen LogP contribution < -0.4 is 0 Å². The van der Waals surface area contributed by atoms with Gasteiger partial charge in [-0.15, -0.1) is 0 Å². The van der Waals surface area contributed by atoms with Crippen molar-refractivity contribution in [2.24, 2.45) is 0 Å². The van der Waals surface area contributed by atoms with Crippen LogP contribution in [-0.4, -0.2) is 15.4 Å². The molecule has 0 heterocycles. The lowest BCUT2D eigenvalue weighted by atomic mass is 10.1. The molecule has 0 bridgehead atoms. The molecular formula is C17H30Cl2O2. The molecule has 1 N–H and O–H groups in total. The molecule has 0 aromatic heterocycles. The Morgan fingerprint density at radius 2 is 1.38 bits per heavy atom. The summed E-state index contributed by atoms with van der Waals surface area (Å²) >= 11 is 11.3. The zero-order chi connectivity index (χ0) is 16.0. The third kappa shape index (κ3) is 13.2. The Bertz CT molecular complexity index is 289. The summed E-state index contributed by atoms with van der Waals surface area (Å²) in [6, 6.07) is 0. The Hall–Kier alpha value is -0.210. The SMILES string of the molecule is CCCCCCCC/C=C\CCCCCC(Cl)(Cl)C(=O)O. The number of carbonyl (C=O) groups is 1. The summed E-state index contributed by atoms with van der Waals surface area (Å²) in [4.78, 5) is 10.7. The average molecular weight is 337 g/mol. The van der Waals surface area contributed by atoms with Crippen LogP contribution in [0.2, 0.25) is 0 Å². The van der Waals surface area contributed by atoms with E-state index in [0.717, 1.165) is 25.7 Å². The van der Waals surface area contributed by atoms with Gasteiger partial charge in [0.25, 0.3) is 0 Å². The number of hydrogen-bond donors (Lipinski definition) is 1. The molecule has 0 aromatic rings. The van der Waals surface area contributed by atoms with E-state index >= 15 is 0 Å². The van der Waals surface area contributed by atoms with Crippen LogP contribution in [-0.2, 0) is 4.79 Å². The maximum Gasteiger partial charge on any atom is 0.340 e. The molecule has 0 radical (unpaired) electrons. The van der Waals surface area contributed by atoms with Crippen molar-refractivity contribution in [1.82, 2.24) is 0 Å². The molecule has 0 saturated heterocycles. The third-order valence-corrected chi connectivity index (χ3v) is 4.27. The van der Waals surface area contributed by atoms with Gasteiger partial charge in [-0.3, -0.25) is 0 Å². The normalized spacial score (nSPS) is 12.1. The van der Waals surface area contributed by atoms with E-state index in [1.165, 1.54) is 44.9 Å². The highest BCUT2D eigenvalue weighted by molar-refractivity contribution is 6.57. The molecule has 124 valence electrons. The number of alkyl halides is 2. The molecular weight excluding hydrogens is 307 g/mol. The van der Waals surface area contributed by atoms with Crippen LogP contribution in [0, 0.1) is 0 Å². The van der Waals surface area contributed by atoms with E-state index in [0.29, 0.717) is 6.42 Å². The van der Waals surface area contributed by atoms with E-state index in [2.05, 4.69) is 19.1 Å². The van der Waals surface area contributed by atoms with E-state index in [1.807, 2.05) is 0 Å². The topological polar surface area (TPSA) is 37.3 Å². The summed E-state index contributed by atoms with van der Waals surface area (Å²) in [5.74, 6) is -1.15. The van der Waals surface area contributed by atoms with Crippen LogP contribution in [0.1, 0.15) is 84.0 Å². The Balaban J connectivity index is 3.31. The minimum Gasteiger partial charge on any atom is -0.479 e. The number of halogens is 2. The number of rotatable bonds is 14. The molecule has 0 saturated carbocycles. The van der Waals surface area contributed by atoms with E-state index in [4.69, 9.17) is 28.3 Å². The maximum absolute atomic E-state index is 10.7. The number of allylic oxidation sites excluding steroid dienone is 2. The van der Waals surface area contributed by atoms with Crippen molar-refractivity contribution < 1.29 is 9.90 Å². The number of carboxylic acid groups (broad SMARTS) is 1. The maximum atomic E-state index is 10.7. The molecule has 0 aromatic carbocycles. The largest absolute Gasteiger partial charge is 0.479 e. The lowest BCUT2D eigenvalue weighted by Crippen LogP contribution is -2.25. The number of carboxylic acids is 1. The fourth-order valence-corrected chi connectivity index (χ4v) is 2.44. The second kappa shape index (κ2) is 13.5. The van der Waals surface area contributed by atoms with Crippen molar-refractivity contribution in [3.8, 4) is 0 Å². The van der Waals surface area contributed by atoms with Crippen LogP contribution >= 0.6 is 23.2 Å². The summed E-state index contributed by atoms with van der Waals surface area (Å²) in [6.07, 6.45) is 17.9. The van der Waals surface area contributed by atoms with Crippen molar-refractivity contribution in [3.05, 3.63) is 12.2 Å². The van der Waals surface area contributed by atoms with E-state index in [-0.39, 0.29) is 0 Å². The minimum absolute atomic E-state index is 0.312. The zero-order valence-electron chi connectivity index (χ0n) is 13.3. The standard InChI is InChI=1S/C17H30Cl2O2/c1-2-3-4-5-6-7-8-9-10-11-12-13-14-15-17(18,19)16(20)21/h9-10H,2-8,11-15H2,1H3,(H,20,21)/b10-9-. The molecule has 0 atom stereocenters. The first-order valence-corrected chi connectivity index (χ1v) is 9.02. The van der Waals surface area contributed by atoms with E-state index in [9.17, 15) is 4.79 Å². The van der Waals surface area contributed by atoms with Gasteiger partial charge < -0.3 is 5.11 Å². The van der Waals surface area contributed by atoms with Crippen LogP contribution in [0.3, 0.4) is 0 Å². The summed E-state index contributed by atoms with van der Waals surface area (Å²) in [6.45, 7) is 2.24. The summed E-state index contributed by atoms with van der Waals surface area (Å²) in [5.41, 5.74) is 0. The van der Waals surface area contributed by atoms with Crippen LogP contribution in [0.15, 0.2) is 12.2 Å². The van der Waals surface area contributed by atoms with Crippen molar-refractivity contribution >= 4 is 29.2 Å². The molecule has 0 aliphatic rings. The number of aliphatic carboxylic acids is 1. The molecule has 0 rings (SSSR count). The first-order chi connectivity index (χ1) is 10.0. The van der Waals surface area contributed by atoms with E-state index < -0.39 is 10.3 Å². The second-order valence-electron chi connectivity index (χ2n) is 5.64. The van der Waals surface area contributed by atoms with Crippen molar-refractivity contribution in [3.63, 3.8) is 0 Å². The van der Waals surface area contributed by atoms with Gasteiger partial charge in [-0.05, 0) is 38.5 Å². The summed E-state index contributed by atoms with van der Waals surface area (Å²) < 4.78 is -1.62. The molecule has 0 fully saturated rings. The van der Waals surface area contributed by atoms with Crippen molar-refractivity contribution in [2.75, 3.05) is 0 Å². The molecule has 0 amide bonds. The second-order valence-corrected chi connectivity index (χ2v) is 7.12. The smallest absolute Gasteiger partial charge is 0.340 e. The molecule has 0 aliphatic heterocycles. The summed E-state index contributed by atoms with van der Waals surface area (Å²) in [7, 11) is 0. The molecule has 0 aliphatic carbocycles. The Labute approximate surface area is 139 Å². The highest BCUT2D eigenvalue weighted by Crippen LogP contribution is 2.28. The molecule has 4 heteroatoms. The molecule has 0 unspecified atom stereocenters. The van der Waals surface area contributed by atoms with Crippen LogP contribution in [0.25, 0.3) is 0 Å². The Morgan fingerprint density at radius 1 is 0.905 bits per heavy atom. The Morgan fingerprint density at radius 3 is 1.90 bits per heavy atom. The highest BCUT2D eigenvalue weighted by atomic mass is 35.5. The first kappa shape index (κ1) is 20.8. The average Bonchev–Trinajstić information content (AvgIpc) is 2.43. The molecule has 0 spiro atoms. The quantitative estimate of drug-likeness (QED) is 0.223. The van der Waals surface area contributed by atoms with Gasteiger partial charge in [0.05, 0.1) is 0 Å². The predicted octanol–water partition coefficient (Wildman–Crippen LogP) is 6.50.